The monoisotopic (exact) mass is 340 g/mol. The largest absolute Gasteiger partial charge is 0.497 e. The average Bonchev–Trinajstić information content (AvgIpc) is 3.15. The third kappa shape index (κ3) is 4.31. The molecule has 0 unspecified atom stereocenters. The molecule has 1 fully saturated rings. The number of nitrogens with zero attached hydrogens (tertiary/aromatic N) is 1. The van der Waals surface area contributed by atoms with Crippen LogP contribution in [0.5, 0.6) is 11.5 Å². The molecular weight excluding hydrogens is 316 g/mol. The first kappa shape index (κ1) is 17.3. The number of anilines is 1. The van der Waals surface area contributed by atoms with E-state index in [0.717, 1.165) is 19.6 Å². The van der Waals surface area contributed by atoms with E-state index in [9.17, 15) is 4.79 Å². The molecule has 2 aromatic rings. The van der Waals surface area contributed by atoms with Crippen LogP contribution in [0.2, 0.25) is 0 Å². The molecule has 25 heavy (non-hydrogen) atoms. The highest BCUT2D eigenvalue weighted by molar-refractivity contribution is 6.05. The number of carbonyl (C=O) groups excluding carboxylic acids is 1. The zero-order valence-corrected chi connectivity index (χ0v) is 14.7. The Morgan fingerprint density at radius 3 is 2.40 bits per heavy atom. The van der Waals surface area contributed by atoms with Crippen molar-refractivity contribution < 1.29 is 14.3 Å². The van der Waals surface area contributed by atoms with E-state index in [0.29, 0.717) is 22.7 Å². The van der Waals surface area contributed by atoms with E-state index in [-0.39, 0.29) is 5.91 Å². The van der Waals surface area contributed by atoms with E-state index in [1.165, 1.54) is 18.4 Å². The van der Waals surface area contributed by atoms with Crippen molar-refractivity contribution in [1.29, 1.82) is 0 Å². The van der Waals surface area contributed by atoms with Gasteiger partial charge in [0.2, 0.25) is 0 Å². The molecule has 2 aromatic carbocycles. The summed E-state index contributed by atoms with van der Waals surface area (Å²) in [6.45, 7) is 3.28. The molecule has 0 saturated carbocycles. The van der Waals surface area contributed by atoms with E-state index in [1.54, 1.807) is 32.4 Å². The molecule has 5 heteroatoms. The van der Waals surface area contributed by atoms with Crippen LogP contribution in [-0.2, 0) is 6.54 Å². The second-order valence-corrected chi connectivity index (χ2v) is 6.20. The summed E-state index contributed by atoms with van der Waals surface area (Å²) >= 11 is 0. The minimum Gasteiger partial charge on any atom is -0.497 e. The van der Waals surface area contributed by atoms with Crippen LogP contribution in [-0.4, -0.2) is 38.1 Å². The summed E-state index contributed by atoms with van der Waals surface area (Å²) in [4.78, 5) is 15.0. The molecule has 5 nitrogen and oxygen atoms in total. The third-order valence-electron chi connectivity index (χ3n) is 4.48. The van der Waals surface area contributed by atoms with E-state index >= 15 is 0 Å². The molecule has 132 valence electrons. The lowest BCUT2D eigenvalue weighted by Gasteiger charge is -2.15. The van der Waals surface area contributed by atoms with Gasteiger partial charge in [-0.2, -0.15) is 0 Å². The summed E-state index contributed by atoms with van der Waals surface area (Å²) in [5.41, 5.74) is 2.44. The van der Waals surface area contributed by atoms with Crippen LogP contribution in [0.15, 0.2) is 42.5 Å². The standard InChI is InChI=1S/C20H24N2O3/c1-24-17-9-10-19(25-2)18(13-17)21-20(23)16-7-5-15(6-8-16)14-22-11-3-4-12-22/h5-10,13H,3-4,11-12,14H2,1-2H3,(H,21,23). The quantitative estimate of drug-likeness (QED) is 0.874. The maximum Gasteiger partial charge on any atom is 0.255 e. The second kappa shape index (κ2) is 8.03. The van der Waals surface area contributed by atoms with Crippen LogP contribution in [0.3, 0.4) is 0 Å². The summed E-state index contributed by atoms with van der Waals surface area (Å²) in [5.74, 6) is 1.09. The molecule has 3 rings (SSSR count). The second-order valence-electron chi connectivity index (χ2n) is 6.20. The number of rotatable bonds is 6. The Bertz CT molecular complexity index is 722. The number of carbonyl (C=O) groups is 1. The van der Waals surface area contributed by atoms with Gasteiger partial charge < -0.3 is 14.8 Å². The number of benzene rings is 2. The Morgan fingerprint density at radius 2 is 1.76 bits per heavy atom. The number of methoxy groups -OCH3 is 2. The lowest BCUT2D eigenvalue weighted by molar-refractivity contribution is 0.102. The fraction of sp³-hybridized carbons (Fsp3) is 0.350. The van der Waals surface area contributed by atoms with Gasteiger partial charge in [0, 0.05) is 18.2 Å². The Kier molecular flexibility index (Phi) is 5.56. The molecule has 1 aliphatic rings. The van der Waals surface area contributed by atoms with Gasteiger partial charge in [0.15, 0.2) is 0 Å². The average molecular weight is 340 g/mol. The number of ether oxygens (including phenoxy) is 2. The molecule has 0 atom stereocenters. The van der Waals surface area contributed by atoms with E-state index in [2.05, 4.69) is 10.2 Å². The van der Waals surface area contributed by atoms with Crippen molar-refractivity contribution in [3.05, 3.63) is 53.6 Å². The molecule has 0 radical (unpaired) electrons. The van der Waals surface area contributed by atoms with Crippen molar-refractivity contribution in [2.24, 2.45) is 0 Å². The van der Waals surface area contributed by atoms with Crippen molar-refractivity contribution in [3.8, 4) is 11.5 Å². The van der Waals surface area contributed by atoms with Gasteiger partial charge >= 0.3 is 0 Å². The summed E-state index contributed by atoms with van der Waals surface area (Å²) < 4.78 is 10.5. The summed E-state index contributed by atoms with van der Waals surface area (Å²) in [6.07, 6.45) is 2.56. The smallest absolute Gasteiger partial charge is 0.255 e. The van der Waals surface area contributed by atoms with Crippen LogP contribution in [0, 0.1) is 0 Å². The maximum atomic E-state index is 12.5. The van der Waals surface area contributed by atoms with Crippen molar-refractivity contribution in [3.63, 3.8) is 0 Å². The van der Waals surface area contributed by atoms with Gasteiger partial charge in [0.05, 0.1) is 19.9 Å². The number of likely N-dealkylation sites (tertiary alicyclic amines) is 1. The molecule has 1 heterocycles. The van der Waals surface area contributed by atoms with Gasteiger partial charge in [0.1, 0.15) is 11.5 Å². The van der Waals surface area contributed by atoms with E-state index in [1.807, 2.05) is 24.3 Å². The van der Waals surface area contributed by atoms with Crippen molar-refractivity contribution in [2.75, 3.05) is 32.6 Å². The summed E-state index contributed by atoms with van der Waals surface area (Å²) in [7, 11) is 3.16. The van der Waals surface area contributed by atoms with Gasteiger partial charge in [-0.15, -0.1) is 0 Å². The van der Waals surface area contributed by atoms with Gasteiger partial charge in [-0.05, 0) is 55.8 Å². The minimum atomic E-state index is -0.167. The Morgan fingerprint density at radius 1 is 1.04 bits per heavy atom. The van der Waals surface area contributed by atoms with Crippen LogP contribution in [0.1, 0.15) is 28.8 Å². The van der Waals surface area contributed by atoms with Crippen LogP contribution in [0.25, 0.3) is 0 Å². The van der Waals surface area contributed by atoms with Crippen molar-refractivity contribution in [2.45, 2.75) is 19.4 Å². The fourth-order valence-electron chi connectivity index (χ4n) is 3.07. The predicted molar refractivity (Wildman–Crippen MR) is 98.5 cm³/mol. The first-order chi connectivity index (χ1) is 12.2. The Labute approximate surface area is 148 Å². The van der Waals surface area contributed by atoms with Crippen LogP contribution >= 0.6 is 0 Å². The van der Waals surface area contributed by atoms with Gasteiger partial charge in [0.25, 0.3) is 5.91 Å². The topological polar surface area (TPSA) is 50.8 Å². The fourth-order valence-corrected chi connectivity index (χ4v) is 3.07. The molecule has 0 spiro atoms. The molecule has 1 amide bonds. The summed E-state index contributed by atoms with van der Waals surface area (Å²) in [5, 5.41) is 2.89. The maximum absolute atomic E-state index is 12.5. The van der Waals surface area contributed by atoms with Gasteiger partial charge in [-0.1, -0.05) is 12.1 Å². The highest BCUT2D eigenvalue weighted by Gasteiger charge is 2.13. The minimum absolute atomic E-state index is 0.167. The molecule has 1 N–H and O–H groups in total. The Balaban J connectivity index is 1.68. The zero-order valence-electron chi connectivity index (χ0n) is 14.7. The van der Waals surface area contributed by atoms with Crippen LogP contribution < -0.4 is 14.8 Å². The van der Waals surface area contributed by atoms with Crippen molar-refractivity contribution >= 4 is 11.6 Å². The highest BCUT2D eigenvalue weighted by Crippen LogP contribution is 2.29. The van der Waals surface area contributed by atoms with E-state index < -0.39 is 0 Å². The predicted octanol–water partition coefficient (Wildman–Crippen LogP) is 3.55. The first-order valence-corrected chi connectivity index (χ1v) is 8.54. The van der Waals surface area contributed by atoms with Crippen LogP contribution in [0.4, 0.5) is 5.69 Å². The molecule has 0 aliphatic carbocycles. The highest BCUT2D eigenvalue weighted by atomic mass is 16.5. The molecular formula is C20H24N2O3. The van der Waals surface area contributed by atoms with Gasteiger partial charge in [-0.25, -0.2) is 0 Å². The van der Waals surface area contributed by atoms with E-state index in [4.69, 9.17) is 9.47 Å². The third-order valence-corrected chi connectivity index (χ3v) is 4.48. The molecule has 1 saturated heterocycles. The van der Waals surface area contributed by atoms with Gasteiger partial charge in [-0.3, -0.25) is 9.69 Å². The SMILES string of the molecule is COc1ccc(OC)c(NC(=O)c2ccc(CN3CCCC3)cc2)c1. The molecule has 0 bridgehead atoms. The number of amides is 1. The normalized spacial score (nSPS) is 14.3. The number of nitrogens with one attached hydrogen (secondary N) is 1. The Hall–Kier alpha value is -2.53. The number of hydrogen-bond donors (Lipinski definition) is 1. The van der Waals surface area contributed by atoms with Crippen molar-refractivity contribution in [1.82, 2.24) is 4.90 Å². The lowest BCUT2D eigenvalue weighted by atomic mass is 10.1. The number of hydrogen-bond acceptors (Lipinski definition) is 4. The summed E-state index contributed by atoms with van der Waals surface area (Å²) in [6, 6.07) is 13.1. The lowest BCUT2D eigenvalue weighted by Crippen LogP contribution is -2.18. The first-order valence-electron chi connectivity index (χ1n) is 8.54. The molecule has 1 aliphatic heterocycles. The zero-order chi connectivity index (χ0) is 17.6. The molecule has 0 aromatic heterocycles.